The Morgan fingerprint density at radius 2 is 1.79 bits per heavy atom. The summed E-state index contributed by atoms with van der Waals surface area (Å²) in [5.74, 6) is 0.642. The Hall–Kier alpha value is -1.27. The Morgan fingerprint density at radius 3 is 2.26 bits per heavy atom. The highest BCUT2D eigenvalue weighted by atomic mass is 19.4. The van der Waals surface area contributed by atoms with Gasteiger partial charge in [-0.05, 0) is 31.5 Å². The second-order valence-corrected chi connectivity index (χ2v) is 4.04. The fraction of sp³-hybridized carbons (Fsp3) is 0.538. The highest BCUT2D eigenvalue weighted by molar-refractivity contribution is 5.28. The molecule has 0 saturated heterocycles. The first kappa shape index (κ1) is 15.8. The average molecular weight is 278 g/mol. The lowest BCUT2D eigenvalue weighted by molar-refractivity contribution is -0.219. The van der Waals surface area contributed by atoms with Gasteiger partial charge in [0.2, 0.25) is 0 Å². The summed E-state index contributed by atoms with van der Waals surface area (Å²) in [4.78, 5) is 0. The third-order valence-electron chi connectivity index (χ3n) is 2.54. The van der Waals surface area contributed by atoms with Crippen molar-refractivity contribution in [3.05, 3.63) is 29.8 Å². The Balaban J connectivity index is 2.51. The van der Waals surface area contributed by atoms with Crippen LogP contribution < -0.4 is 4.74 Å². The van der Waals surface area contributed by atoms with E-state index >= 15 is 0 Å². The van der Waals surface area contributed by atoms with Crippen LogP contribution in [-0.4, -0.2) is 30.6 Å². The molecule has 0 aliphatic carbocycles. The van der Waals surface area contributed by atoms with E-state index < -0.39 is 25.0 Å². The SMILES string of the molecule is CCOc1ccc(C(O)COC(C)C(F)(F)F)cc1. The predicted molar refractivity (Wildman–Crippen MR) is 64.0 cm³/mol. The molecule has 0 fully saturated rings. The van der Waals surface area contributed by atoms with Gasteiger partial charge in [0.25, 0.3) is 0 Å². The van der Waals surface area contributed by atoms with E-state index in [-0.39, 0.29) is 0 Å². The lowest BCUT2D eigenvalue weighted by Crippen LogP contribution is -2.30. The zero-order chi connectivity index (χ0) is 14.5. The second kappa shape index (κ2) is 6.77. The molecule has 2 atom stereocenters. The number of hydrogen-bond donors (Lipinski definition) is 1. The number of aliphatic hydroxyl groups excluding tert-OH is 1. The molecule has 0 spiro atoms. The maximum atomic E-state index is 12.2. The van der Waals surface area contributed by atoms with Gasteiger partial charge in [-0.25, -0.2) is 0 Å². The first-order chi connectivity index (χ1) is 8.84. The summed E-state index contributed by atoms with van der Waals surface area (Å²) in [6.45, 7) is 2.86. The largest absolute Gasteiger partial charge is 0.494 e. The number of rotatable bonds is 6. The van der Waals surface area contributed by atoms with E-state index in [1.165, 1.54) is 0 Å². The molecule has 0 bridgehead atoms. The van der Waals surface area contributed by atoms with Gasteiger partial charge in [0, 0.05) is 0 Å². The molecule has 1 aromatic carbocycles. The molecule has 6 heteroatoms. The number of alkyl halides is 3. The maximum absolute atomic E-state index is 12.2. The van der Waals surface area contributed by atoms with Gasteiger partial charge in [-0.3, -0.25) is 0 Å². The van der Waals surface area contributed by atoms with Gasteiger partial charge in [0.05, 0.1) is 13.2 Å². The van der Waals surface area contributed by atoms with E-state index in [1.54, 1.807) is 24.3 Å². The van der Waals surface area contributed by atoms with Crippen molar-refractivity contribution in [1.29, 1.82) is 0 Å². The van der Waals surface area contributed by atoms with Gasteiger partial charge in [0.15, 0.2) is 6.10 Å². The average Bonchev–Trinajstić information content (AvgIpc) is 2.35. The Morgan fingerprint density at radius 1 is 1.21 bits per heavy atom. The van der Waals surface area contributed by atoms with E-state index in [0.29, 0.717) is 17.9 Å². The van der Waals surface area contributed by atoms with Gasteiger partial charge in [-0.1, -0.05) is 12.1 Å². The Bertz CT molecular complexity index is 376. The van der Waals surface area contributed by atoms with Crippen molar-refractivity contribution in [2.75, 3.05) is 13.2 Å². The Kier molecular flexibility index (Phi) is 5.62. The highest BCUT2D eigenvalue weighted by Gasteiger charge is 2.37. The fourth-order valence-electron chi connectivity index (χ4n) is 1.38. The number of halogens is 3. The number of ether oxygens (including phenoxy) is 2. The minimum atomic E-state index is -4.42. The van der Waals surface area contributed by atoms with Crippen LogP contribution in [0.5, 0.6) is 5.75 Å². The summed E-state index contributed by atoms with van der Waals surface area (Å²) >= 11 is 0. The van der Waals surface area contributed by atoms with Crippen molar-refractivity contribution in [3.63, 3.8) is 0 Å². The highest BCUT2D eigenvalue weighted by Crippen LogP contribution is 2.24. The van der Waals surface area contributed by atoms with Crippen LogP contribution >= 0.6 is 0 Å². The molecule has 3 nitrogen and oxygen atoms in total. The summed E-state index contributed by atoms with van der Waals surface area (Å²) in [6.07, 6.45) is -7.41. The maximum Gasteiger partial charge on any atom is 0.414 e. The molecule has 1 rings (SSSR count). The number of benzene rings is 1. The quantitative estimate of drug-likeness (QED) is 0.869. The minimum absolute atomic E-state index is 0.408. The van der Waals surface area contributed by atoms with Crippen LogP contribution in [0, 0.1) is 0 Å². The van der Waals surface area contributed by atoms with Gasteiger partial charge in [0.1, 0.15) is 11.9 Å². The van der Waals surface area contributed by atoms with Crippen LogP contribution in [0.1, 0.15) is 25.5 Å². The van der Waals surface area contributed by atoms with E-state index in [0.717, 1.165) is 6.92 Å². The standard InChI is InChI=1S/C13H17F3O3/c1-3-18-11-6-4-10(5-7-11)12(17)8-19-9(2)13(14,15)16/h4-7,9,12,17H,3,8H2,1-2H3. The molecule has 0 aliphatic heterocycles. The fourth-order valence-corrected chi connectivity index (χ4v) is 1.38. The lowest BCUT2D eigenvalue weighted by Gasteiger charge is -2.19. The molecule has 0 aromatic heterocycles. The molecule has 0 radical (unpaired) electrons. The van der Waals surface area contributed by atoms with Gasteiger partial charge >= 0.3 is 6.18 Å². The molecule has 0 amide bonds. The first-order valence-corrected chi connectivity index (χ1v) is 5.93. The zero-order valence-electron chi connectivity index (χ0n) is 10.8. The van der Waals surface area contributed by atoms with Crippen molar-refractivity contribution in [1.82, 2.24) is 0 Å². The van der Waals surface area contributed by atoms with Crippen molar-refractivity contribution in [2.24, 2.45) is 0 Å². The molecule has 0 heterocycles. The third kappa shape index (κ3) is 5.08. The molecule has 19 heavy (non-hydrogen) atoms. The molecule has 2 unspecified atom stereocenters. The molecular weight excluding hydrogens is 261 g/mol. The van der Waals surface area contributed by atoms with E-state index in [9.17, 15) is 18.3 Å². The number of aliphatic hydroxyl groups is 1. The minimum Gasteiger partial charge on any atom is -0.494 e. The van der Waals surface area contributed by atoms with Crippen molar-refractivity contribution >= 4 is 0 Å². The second-order valence-electron chi connectivity index (χ2n) is 4.04. The first-order valence-electron chi connectivity index (χ1n) is 5.93. The molecule has 108 valence electrons. The topological polar surface area (TPSA) is 38.7 Å². The van der Waals surface area contributed by atoms with E-state index in [4.69, 9.17) is 4.74 Å². The van der Waals surface area contributed by atoms with E-state index in [2.05, 4.69) is 4.74 Å². The van der Waals surface area contributed by atoms with Crippen LogP contribution in [0.15, 0.2) is 24.3 Å². The molecule has 1 N–H and O–H groups in total. The van der Waals surface area contributed by atoms with Crippen LogP contribution in [0.2, 0.25) is 0 Å². The van der Waals surface area contributed by atoms with E-state index in [1.807, 2.05) is 6.92 Å². The van der Waals surface area contributed by atoms with Crippen LogP contribution in [0.25, 0.3) is 0 Å². The van der Waals surface area contributed by atoms with Crippen LogP contribution in [-0.2, 0) is 4.74 Å². The van der Waals surface area contributed by atoms with Crippen LogP contribution in [0.4, 0.5) is 13.2 Å². The molecule has 1 aromatic rings. The number of hydrogen-bond acceptors (Lipinski definition) is 3. The van der Waals surface area contributed by atoms with Crippen molar-refractivity contribution in [3.8, 4) is 5.75 Å². The summed E-state index contributed by atoms with van der Waals surface area (Å²) < 4.78 is 46.5. The summed E-state index contributed by atoms with van der Waals surface area (Å²) in [5, 5.41) is 9.72. The normalized spacial score (nSPS) is 15.1. The van der Waals surface area contributed by atoms with Gasteiger partial charge < -0.3 is 14.6 Å². The smallest absolute Gasteiger partial charge is 0.414 e. The molecule has 0 aliphatic rings. The van der Waals surface area contributed by atoms with Crippen LogP contribution in [0.3, 0.4) is 0 Å². The summed E-state index contributed by atoms with van der Waals surface area (Å²) in [7, 11) is 0. The summed E-state index contributed by atoms with van der Waals surface area (Å²) in [6, 6.07) is 6.49. The van der Waals surface area contributed by atoms with Crippen molar-refractivity contribution < 1.29 is 27.8 Å². The summed E-state index contributed by atoms with van der Waals surface area (Å²) in [5.41, 5.74) is 0.484. The zero-order valence-corrected chi connectivity index (χ0v) is 10.8. The molecular formula is C13H17F3O3. The monoisotopic (exact) mass is 278 g/mol. The lowest BCUT2D eigenvalue weighted by atomic mass is 10.1. The predicted octanol–water partition coefficient (Wildman–Crippen LogP) is 3.09. The van der Waals surface area contributed by atoms with Crippen molar-refractivity contribution in [2.45, 2.75) is 32.2 Å². The third-order valence-corrected chi connectivity index (χ3v) is 2.54. The Labute approximate surface area is 110 Å². The van der Waals surface area contributed by atoms with Gasteiger partial charge in [-0.2, -0.15) is 13.2 Å². The van der Waals surface area contributed by atoms with Gasteiger partial charge in [-0.15, -0.1) is 0 Å². The molecule has 0 saturated carbocycles.